The molecule has 1 N–H and O–H groups in total. The summed E-state index contributed by atoms with van der Waals surface area (Å²) in [7, 11) is -3.07. The molecule has 2 heterocycles. The number of hydrogen-bond donors (Lipinski definition) is 1. The van der Waals surface area contributed by atoms with Crippen molar-refractivity contribution in [1.82, 2.24) is 9.62 Å². The normalized spacial score (nSPS) is 26.7. The number of hydrogen-bond acceptors (Lipinski definition) is 4. The van der Waals surface area contributed by atoms with Gasteiger partial charge < -0.3 is 10.1 Å². The highest BCUT2D eigenvalue weighted by atomic mass is 32.2. The number of nitrogens with zero attached hydrogens (tertiary/aromatic N) is 1. The minimum atomic E-state index is -3.07. The van der Waals surface area contributed by atoms with Crippen LogP contribution in [0.5, 0.6) is 0 Å². The molecule has 0 radical (unpaired) electrons. The summed E-state index contributed by atoms with van der Waals surface area (Å²) in [6.45, 7) is 3.91. The van der Waals surface area contributed by atoms with Crippen LogP contribution in [0.2, 0.25) is 0 Å². The maximum atomic E-state index is 12.2. The minimum absolute atomic E-state index is 0.218. The summed E-state index contributed by atoms with van der Waals surface area (Å²) in [5.41, 5.74) is 0. The van der Waals surface area contributed by atoms with Crippen molar-refractivity contribution in [2.24, 2.45) is 0 Å². The van der Waals surface area contributed by atoms with Gasteiger partial charge in [0.2, 0.25) is 10.0 Å². The first-order valence-electron chi connectivity index (χ1n) is 5.49. The lowest BCUT2D eigenvalue weighted by molar-refractivity contribution is 0.0971. The smallest absolute Gasteiger partial charge is 0.217 e. The number of nitrogens with one attached hydrogen (secondary N) is 1. The maximum absolute atomic E-state index is 12.2. The Bertz CT molecular complexity index is 268. The van der Waals surface area contributed by atoms with E-state index in [4.69, 9.17) is 4.74 Å². The Morgan fingerprint density at radius 2 is 1.73 bits per heavy atom. The molecule has 2 fully saturated rings. The van der Waals surface area contributed by atoms with Crippen LogP contribution in [0.1, 0.15) is 12.8 Å². The topological polar surface area (TPSA) is 58.6 Å². The fourth-order valence-electron chi connectivity index (χ4n) is 2.08. The third-order valence-electron chi connectivity index (χ3n) is 3.03. The van der Waals surface area contributed by atoms with Crippen LogP contribution in [-0.4, -0.2) is 57.4 Å². The molecule has 0 unspecified atom stereocenters. The summed E-state index contributed by atoms with van der Waals surface area (Å²) >= 11 is 0. The van der Waals surface area contributed by atoms with Crippen LogP contribution in [0.3, 0.4) is 0 Å². The van der Waals surface area contributed by atoms with Crippen LogP contribution in [0.4, 0.5) is 0 Å². The second kappa shape index (κ2) is 4.78. The van der Waals surface area contributed by atoms with Crippen LogP contribution < -0.4 is 5.32 Å². The van der Waals surface area contributed by atoms with E-state index in [-0.39, 0.29) is 5.25 Å². The maximum Gasteiger partial charge on any atom is 0.217 e. The summed E-state index contributed by atoms with van der Waals surface area (Å²) in [6.07, 6.45) is 1.29. The predicted molar refractivity (Wildman–Crippen MR) is 57.2 cm³/mol. The third kappa shape index (κ3) is 2.50. The van der Waals surface area contributed by atoms with Gasteiger partial charge in [-0.2, -0.15) is 4.31 Å². The summed E-state index contributed by atoms with van der Waals surface area (Å²) in [5, 5.41) is 2.94. The minimum Gasteiger partial charge on any atom is -0.381 e. The van der Waals surface area contributed by atoms with Gasteiger partial charge in [-0.15, -0.1) is 0 Å². The summed E-state index contributed by atoms with van der Waals surface area (Å²) in [6, 6.07) is 0. The van der Waals surface area contributed by atoms with E-state index >= 15 is 0 Å². The summed E-state index contributed by atoms with van der Waals surface area (Å²) in [4.78, 5) is 0. The Labute approximate surface area is 90.8 Å². The van der Waals surface area contributed by atoms with Gasteiger partial charge in [0.15, 0.2) is 0 Å². The molecule has 2 aliphatic rings. The van der Waals surface area contributed by atoms with Crippen LogP contribution in [0, 0.1) is 0 Å². The van der Waals surface area contributed by atoms with E-state index < -0.39 is 10.0 Å². The molecule has 0 aromatic heterocycles. The number of rotatable bonds is 2. The van der Waals surface area contributed by atoms with Gasteiger partial charge in [0.25, 0.3) is 0 Å². The molecule has 0 aromatic rings. The highest BCUT2D eigenvalue weighted by Gasteiger charge is 2.33. The van der Waals surface area contributed by atoms with Gasteiger partial charge >= 0.3 is 0 Å². The van der Waals surface area contributed by atoms with Crippen molar-refractivity contribution in [3.63, 3.8) is 0 Å². The number of ether oxygens (including phenoxy) is 1. The van der Waals surface area contributed by atoms with Crippen molar-refractivity contribution >= 4 is 10.0 Å². The van der Waals surface area contributed by atoms with Crippen molar-refractivity contribution in [2.75, 3.05) is 39.4 Å². The van der Waals surface area contributed by atoms with Gasteiger partial charge in [0.1, 0.15) is 0 Å². The van der Waals surface area contributed by atoms with Crippen LogP contribution >= 0.6 is 0 Å². The molecule has 0 amide bonds. The predicted octanol–water partition coefficient (Wildman–Crippen LogP) is -0.600. The first-order chi connectivity index (χ1) is 7.21. The molecule has 6 heteroatoms. The van der Waals surface area contributed by atoms with Gasteiger partial charge in [-0.05, 0) is 12.8 Å². The molecule has 0 saturated carbocycles. The lowest BCUT2D eigenvalue weighted by Gasteiger charge is -2.32. The fraction of sp³-hybridized carbons (Fsp3) is 1.00. The van der Waals surface area contributed by atoms with Gasteiger partial charge in [-0.3, -0.25) is 0 Å². The Hall–Kier alpha value is -0.170. The van der Waals surface area contributed by atoms with Crippen molar-refractivity contribution in [3.05, 3.63) is 0 Å². The average molecular weight is 234 g/mol. The van der Waals surface area contributed by atoms with Crippen molar-refractivity contribution < 1.29 is 13.2 Å². The zero-order valence-electron chi connectivity index (χ0n) is 8.81. The van der Waals surface area contributed by atoms with Crippen LogP contribution in [0.15, 0.2) is 0 Å². The first kappa shape index (κ1) is 11.3. The monoisotopic (exact) mass is 234 g/mol. The standard InChI is InChI=1S/C9H18N2O3S/c12-15(13,9-1-7-14-8-2-9)11-5-3-10-4-6-11/h9-10H,1-8H2. The second-order valence-corrected chi connectivity index (χ2v) is 6.22. The largest absolute Gasteiger partial charge is 0.381 e. The van der Waals surface area contributed by atoms with Crippen LogP contribution in [-0.2, 0) is 14.8 Å². The molecule has 0 bridgehead atoms. The third-order valence-corrected chi connectivity index (χ3v) is 5.42. The van der Waals surface area contributed by atoms with E-state index in [2.05, 4.69) is 5.32 Å². The summed E-state index contributed by atoms with van der Waals surface area (Å²) < 4.78 is 31.2. The summed E-state index contributed by atoms with van der Waals surface area (Å²) in [5.74, 6) is 0. The molecule has 0 atom stereocenters. The molecular formula is C9H18N2O3S. The van der Waals surface area contributed by atoms with Crippen molar-refractivity contribution in [1.29, 1.82) is 0 Å². The molecule has 0 spiro atoms. The van der Waals surface area contributed by atoms with E-state index in [0.717, 1.165) is 13.1 Å². The Morgan fingerprint density at radius 1 is 1.13 bits per heavy atom. The Kier molecular flexibility index (Phi) is 3.60. The van der Waals surface area contributed by atoms with Crippen LogP contribution in [0.25, 0.3) is 0 Å². The molecule has 2 rings (SSSR count). The Balaban J connectivity index is 2.03. The molecule has 2 aliphatic heterocycles. The van der Waals surface area contributed by atoms with Crippen molar-refractivity contribution in [3.8, 4) is 0 Å². The van der Waals surface area contributed by atoms with Gasteiger partial charge in [0, 0.05) is 39.4 Å². The lowest BCUT2D eigenvalue weighted by Crippen LogP contribution is -2.50. The van der Waals surface area contributed by atoms with E-state index in [1.807, 2.05) is 0 Å². The molecule has 2 saturated heterocycles. The highest BCUT2D eigenvalue weighted by Crippen LogP contribution is 2.19. The number of piperazine rings is 1. The molecule has 5 nitrogen and oxygen atoms in total. The van der Waals surface area contributed by atoms with Gasteiger partial charge in [0.05, 0.1) is 5.25 Å². The molecule has 88 valence electrons. The second-order valence-electron chi connectivity index (χ2n) is 4.01. The first-order valence-corrected chi connectivity index (χ1v) is 6.99. The van der Waals surface area contributed by atoms with Gasteiger partial charge in [-0.25, -0.2) is 8.42 Å². The van der Waals surface area contributed by atoms with Gasteiger partial charge in [-0.1, -0.05) is 0 Å². The molecule has 15 heavy (non-hydrogen) atoms. The highest BCUT2D eigenvalue weighted by molar-refractivity contribution is 7.89. The van der Waals surface area contributed by atoms with E-state index in [1.54, 1.807) is 4.31 Å². The SMILES string of the molecule is O=S(=O)(C1CCOCC1)N1CCNCC1. The lowest BCUT2D eigenvalue weighted by atomic mass is 10.2. The quantitative estimate of drug-likeness (QED) is 0.693. The van der Waals surface area contributed by atoms with E-state index in [9.17, 15) is 8.42 Å². The molecule has 0 aliphatic carbocycles. The zero-order chi connectivity index (χ0) is 10.7. The van der Waals surface area contributed by atoms with E-state index in [0.29, 0.717) is 39.1 Å². The Morgan fingerprint density at radius 3 is 2.33 bits per heavy atom. The van der Waals surface area contributed by atoms with Crippen molar-refractivity contribution in [2.45, 2.75) is 18.1 Å². The zero-order valence-corrected chi connectivity index (χ0v) is 9.63. The fourth-order valence-corrected chi connectivity index (χ4v) is 3.98. The number of sulfonamides is 1. The van der Waals surface area contributed by atoms with E-state index in [1.165, 1.54) is 0 Å². The molecular weight excluding hydrogens is 216 g/mol. The molecule has 0 aromatic carbocycles. The average Bonchev–Trinajstić information content (AvgIpc) is 2.31.